The molecule has 1 heterocycles. The molecule has 0 radical (unpaired) electrons. The second kappa shape index (κ2) is 3.77. The van der Waals surface area contributed by atoms with Crippen molar-refractivity contribution in [3.05, 3.63) is 10.6 Å². The van der Waals surface area contributed by atoms with E-state index in [0.717, 1.165) is 24.4 Å². The summed E-state index contributed by atoms with van der Waals surface area (Å²) in [6.45, 7) is 0. The lowest BCUT2D eigenvalue weighted by Crippen LogP contribution is -2.12. The number of nitrogens with two attached hydrogens (primary N) is 1. The fourth-order valence-corrected chi connectivity index (χ4v) is 1.06. The Morgan fingerprint density at radius 2 is 2.45 bits per heavy atom. The highest BCUT2D eigenvalue weighted by Crippen LogP contribution is 1.97. The summed E-state index contributed by atoms with van der Waals surface area (Å²) in [6, 6.07) is 0. The van der Waals surface area contributed by atoms with E-state index in [2.05, 4.69) is 22.8 Å². The van der Waals surface area contributed by atoms with E-state index in [1.807, 2.05) is 0 Å². The summed E-state index contributed by atoms with van der Waals surface area (Å²) in [7, 11) is 0. The average Bonchev–Trinajstić information content (AvgIpc) is 2.31. The highest BCUT2D eigenvalue weighted by molar-refractivity contribution is 7.80. The third kappa shape index (κ3) is 1.97. The van der Waals surface area contributed by atoms with Gasteiger partial charge in [0.15, 0.2) is 5.82 Å². The number of rotatable bonds is 3. The Labute approximate surface area is 75.2 Å². The van der Waals surface area contributed by atoms with Gasteiger partial charge in [0.25, 0.3) is 0 Å². The topological polar surface area (TPSA) is 59.6 Å². The summed E-state index contributed by atoms with van der Waals surface area (Å²) >= 11 is 8.90. The maximum Gasteiger partial charge on any atom is 0.214 e. The van der Waals surface area contributed by atoms with E-state index >= 15 is 0 Å². The van der Waals surface area contributed by atoms with Crippen LogP contribution in [0.15, 0.2) is 0 Å². The maximum atomic E-state index is 5.54. The van der Waals surface area contributed by atoms with Gasteiger partial charge in [0.2, 0.25) is 4.77 Å². The first-order valence-electron chi connectivity index (χ1n) is 3.28. The molecule has 0 unspecified atom stereocenters. The van der Waals surface area contributed by atoms with Crippen LogP contribution in [-0.4, -0.2) is 20.6 Å². The average molecular weight is 190 g/mol. The number of aryl methyl sites for hydroxylation is 1. The molecule has 0 bridgehead atoms. The van der Waals surface area contributed by atoms with E-state index in [9.17, 15) is 0 Å². The minimum absolute atomic E-state index is 0.458. The van der Waals surface area contributed by atoms with Gasteiger partial charge in [0.05, 0.1) is 0 Å². The van der Waals surface area contributed by atoms with Crippen molar-refractivity contribution in [1.29, 1.82) is 0 Å². The van der Waals surface area contributed by atoms with E-state index in [4.69, 9.17) is 18.1 Å². The predicted molar refractivity (Wildman–Crippen MR) is 49.7 cm³/mol. The van der Waals surface area contributed by atoms with Gasteiger partial charge in [0.1, 0.15) is 0 Å². The molecular formula is C5H10N4S2. The van der Waals surface area contributed by atoms with Crippen molar-refractivity contribution in [1.82, 2.24) is 14.9 Å². The van der Waals surface area contributed by atoms with Crippen LogP contribution in [0.5, 0.6) is 0 Å². The van der Waals surface area contributed by atoms with Crippen molar-refractivity contribution in [2.24, 2.45) is 0 Å². The Morgan fingerprint density at radius 1 is 1.73 bits per heavy atom. The van der Waals surface area contributed by atoms with Crippen LogP contribution in [0.1, 0.15) is 12.2 Å². The zero-order valence-corrected chi connectivity index (χ0v) is 7.66. The Kier molecular flexibility index (Phi) is 2.95. The zero-order chi connectivity index (χ0) is 8.27. The summed E-state index contributed by atoms with van der Waals surface area (Å²) in [5.74, 6) is 7.15. The number of aromatic nitrogens is 3. The van der Waals surface area contributed by atoms with Crippen LogP contribution in [0, 0.1) is 4.77 Å². The molecule has 4 nitrogen and oxygen atoms in total. The third-order valence-electron chi connectivity index (χ3n) is 1.34. The van der Waals surface area contributed by atoms with E-state index in [1.165, 1.54) is 4.68 Å². The summed E-state index contributed by atoms with van der Waals surface area (Å²) in [5, 5.41) is 6.55. The van der Waals surface area contributed by atoms with Gasteiger partial charge in [-0.2, -0.15) is 17.7 Å². The standard InChI is InChI=1S/C5H10N4S2/c6-9-4(2-1-3-10)7-8-5(9)11/h10H,1-3,6H2,(H,8,11). The molecule has 62 valence electrons. The van der Waals surface area contributed by atoms with Gasteiger partial charge < -0.3 is 5.84 Å². The normalized spacial score (nSPS) is 10.3. The van der Waals surface area contributed by atoms with Crippen LogP contribution in [0.25, 0.3) is 0 Å². The molecule has 0 aliphatic heterocycles. The first-order valence-corrected chi connectivity index (χ1v) is 4.32. The second-order valence-electron chi connectivity index (χ2n) is 2.14. The van der Waals surface area contributed by atoms with Crippen LogP contribution in [0.3, 0.4) is 0 Å². The lowest BCUT2D eigenvalue weighted by molar-refractivity contribution is 0.789. The molecule has 0 aliphatic carbocycles. The number of H-pyrrole nitrogens is 1. The minimum atomic E-state index is 0.458. The Bertz CT molecular complexity index is 276. The predicted octanol–water partition coefficient (Wildman–Crippen LogP) is 0.517. The van der Waals surface area contributed by atoms with Gasteiger partial charge in [-0.1, -0.05) is 0 Å². The van der Waals surface area contributed by atoms with Crippen molar-refractivity contribution in [2.75, 3.05) is 11.6 Å². The number of nitrogens with one attached hydrogen (secondary N) is 1. The Balaban J connectivity index is 2.71. The largest absolute Gasteiger partial charge is 0.335 e. The van der Waals surface area contributed by atoms with E-state index in [-0.39, 0.29) is 0 Å². The summed E-state index contributed by atoms with van der Waals surface area (Å²) in [4.78, 5) is 0. The first kappa shape index (κ1) is 8.61. The van der Waals surface area contributed by atoms with E-state index < -0.39 is 0 Å². The molecule has 0 amide bonds. The van der Waals surface area contributed by atoms with Crippen LogP contribution in [-0.2, 0) is 6.42 Å². The molecular weight excluding hydrogens is 180 g/mol. The quantitative estimate of drug-likeness (QED) is 0.370. The van der Waals surface area contributed by atoms with Crippen LogP contribution >= 0.6 is 24.8 Å². The molecule has 1 rings (SSSR count). The molecule has 0 atom stereocenters. The number of aromatic amines is 1. The molecule has 0 fully saturated rings. The van der Waals surface area contributed by atoms with Crippen molar-refractivity contribution in [3.8, 4) is 0 Å². The summed E-state index contributed by atoms with van der Waals surface area (Å²) < 4.78 is 1.85. The highest BCUT2D eigenvalue weighted by atomic mass is 32.1. The third-order valence-corrected chi connectivity index (χ3v) is 1.94. The molecule has 0 aliphatic rings. The lowest BCUT2D eigenvalue weighted by Gasteiger charge is -1.96. The van der Waals surface area contributed by atoms with E-state index in [0.29, 0.717) is 4.77 Å². The molecule has 0 saturated heterocycles. The Hall–Kier alpha value is -0.490. The fourth-order valence-electron chi connectivity index (χ4n) is 0.751. The van der Waals surface area contributed by atoms with Gasteiger partial charge >= 0.3 is 0 Å². The Morgan fingerprint density at radius 3 is 2.91 bits per heavy atom. The molecule has 0 aromatic carbocycles. The molecule has 1 aromatic heterocycles. The fraction of sp³-hybridized carbons (Fsp3) is 0.600. The summed E-state index contributed by atoms with van der Waals surface area (Å²) in [5.41, 5.74) is 0. The van der Waals surface area contributed by atoms with E-state index in [1.54, 1.807) is 0 Å². The molecule has 0 saturated carbocycles. The molecule has 11 heavy (non-hydrogen) atoms. The highest BCUT2D eigenvalue weighted by Gasteiger charge is 2.00. The first-order chi connectivity index (χ1) is 5.25. The number of hydrogen-bond acceptors (Lipinski definition) is 4. The number of hydrogen-bond donors (Lipinski definition) is 3. The maximum absolute atomic E-state index is 5.54. The SMILES string of the molecule is Nn1c(CCCS)n[nH]c1=S. The van der Waals surface area contributed by atoms with Gasteiger partial charge in [-0.15, -0.1) is 0 Å². The molecule has 0 spiro atoms. The van der Waals surface area contributed by atoms with Gasteiger partial charge in [-0.25, -0.2) is 4.68 Å². The molecule has 6 heteroatoms. The number of thiol groups is 1. The number of nitrogens with zero attached hydrogens (tertiary/aromatic N) is 2. The molecule has 3 N–H and O–H groups in total. The zero-order valence-electron chi connectivity index (χ0n) is 5.95. The van der Waals surface area contributed by atoms with Crippen molar-refractivity contribution in [3.63, 3.8) is 0 Å². The van der Waals surface area contributed by atoms with Gasteiger partial charge in [-0.3, -0.25) is 5.10 Å². The van der Waals surface area contributed by atoms with Crippen molar-refractivity contribution >= 4 is 24.8 Å². The molecule has 1 aromatic rings. The van der Waals surface area contributed by atoms with Crippen LogP contribution in [0.2, 0.25) is 0 Å². The van der Waals surface area contributed by atoms with Gasteiger partial charge in [0, 0.05) is 6.42 Å². The minimum Gasteiger partial charge on any atom is -0.335 e. The van der Waals surface area contributed by atoms with Gasteiger partial charge in [-0.05, 0) is 24.4 Å². The van der Waals surface area contributed by atoms with Crippen molar-refractivity contribution in [2.45, 2.75) is 12.8 Å². The van der Waals surface area contributed by atoms with Crippen LogP contribution in [0.4, 0.5) is 0 Å². The van der Waals surface area contributed by atoms with Crippen molar-refractivity contribution < 1.29 is 0 Å². The lowest BCUT2D eigenvalue weighted by atomic mass is 10.3. The number of nitrogen functional groups attached to an aromatic ring is 1. The second-order valence-corrected chi connectivity index (χ2v) is 2.98. The smallest absolute Gasteiger partial charge is 0.214 e. The van der Waals surface area contributed by atoms with Crippen LogP contribution < -0.4 is 5.84 Å². The summed E-state index contributed by atoms with van der Waals surface area (Å²) in [6.07, 6.45) is 1.77. The monoisotopic (exact) mass is 190 g/mol.